The first kappa shape index (κ1) is 34.0. The van der Waals surface area contributed by atoms with Gasteiger partial charge in [-0.1, -0.05) is 127 Å². The zero-order chi connectivity index (χ0) is 32.8. The summed E-state index contributed by atoms with van der Waals surface area (Å²) in [7, 11) is 0. The van der Waals surface area contributed by atoms with Crippen LogP contribution < -0.4 is 22.9 Å². The van der Waals surface area contributed by atoms with Gasteiger partial charge in [0.2, 0.25) is 0 Å². The zero-order valence-electron chi connectivity index (χ0n) is 25.4. The van der Waals surface area contributed by atoms with Gasteiger partial charge >= 0.3 is 0 Å². The Hall–Kier alpha value is -6.47. The van der Waals surface area contributed by atoms with Crippen molar-refractivity contribution in [3.63, 3.8) is 0 Å². The van der Waals surface area contributed by atoms with E-state index in [4.69, 9.17) is 22.9 Å². The minimum absolute atomic E-state index is 0.646. The minimum Gasteiger partial charge on any atom is -0.397 e. The summed E-state index contributed by atoms with van der Waals surface area (Å²) in [6.07, 6.45) is 4.46. The molecule has 0 aromatic heterocycles. The van der Waals surface area contributed by atoms with Crippen LogP contribution in [0.15, 0.2) is 174 Å². The van der Waals surface area contributed by atoms with Crippen molar-refractivity contribution in [2.45, 2.75) is 0 Å². The molecule has 0 saturated heterocycles. The number of nitrogens with two attached hydrogens (primary N) is 4. The number of aliphatic imine (C=N–C) groups is 2. The third-order valence-electron chi connectivity index (χ3n) is 6.11. The highest BCUT2D eigenvalue weighted by Crippen LogP contribution is 2.21. The van der Waals surface area contributed by atoms with Crippen LogP contribution in [-0.4, -0.2) is 18.7 Å². The van der Waals surface area contributed by atoms with Crippen molar-refractivity contribution in [1.29, 1.82) is 0 Å². The van der Waals surface area contributed by atoms with Gasteiger partial charge in [0, 0.05) is 18.0 Å². The van der Waals surface area contributed by atoms with Gasteiger partial charge in [0.25, 0.3) is 0 Å². The lowest BCUT2D eigenvalue weighted by Crippen LogP contribution is -1.91. The predicted octanol–water partition coefficient (Wildman–Crippen LogP) is 8.39. The molecule has 0 radical (unpaired) electrons. The van der Waals surface area contributed by atoms with Crippen LogP contribution >= 0.6 is 0 Å². The molecule has 0 spiro atoms. The van der Waals surface area contributed by atoms with Crippen LogP contribution in [0.25, 0.3) is 0 Å². The molecule has 8 N–H and O–H groups in total. The van der Waals surface area contributed by atoms with E-state index >= 15 is 0 Å². The quantitative estimate of drug-likeness (QED) is 0.0884. The number of benzene rings is 6. The fraction of sp³-hybridized carbons (Fsp3) is 0. The zero-order valence-corrected chi connectivity index (χ0v) is 25.4. The van der Waals surface area contributed by atoms with Gasteiger partial charge in [-0.2, -0.15) is 0 Å². The number of nitrogen functional groups attached to an aromatic ring is 4. The Kier molecular flexibility index (Phi) is 14.5. The molecule has 0 bridgehead atoms. The molecule has 230 valence electrons. The van der Waals surface area contributed by atoms with E-state index in [0.29, 0.717) is 22.7 Å². The van der Waals surface area contributed by atoms with Gasteiger partial charge in [0.05, 0.1) is 34.1 Å². The summed E-state index contributed by atoms with van der Waals surface area (Å²) in [6, 6.07) is 51.4. The van der Waals surface area contributed by atoms with Gasteiger partial charge < -0.3 is 22.9 Å². The van der Waals surface area contributed by atoms with E-state index in [2.05, 4.69) is 9.98 Å². The SMILES string of the molecule is Nc1ccccc1N.Nc1ccccc1N=Cc1ccccc1.Nc1ccccc1N=Cc1ccccc1.O=Cc1ccccc1. The number of hydrogen-bond donors (Lipinski definition) is 4. The van der Waals surface area contributed by atoms with E-state index in [1.165, 1.54) is 0 Å². The average molecular weight is 607 g/mol. The summed E-state index contributed by atoms with van der Waals surface area (Å²) in [5.74, 6) is 0. The molecular formula is C39H38N6O. The molecule has 0 aliphatic rings. The van der Waals surface area contributed by atoms with E-state index < -0.39 is 0 Å². The number of anilines is 4. The molecule has 0 heterocycles. The molecule has 7 nitrogen and oxygen atoms in total. The first-order chi connectivity index (χ1) is 22.5. The fourth-order valence-electron chi connectivity index (χ4n) is 3.62. The van der Waals surface area contributed by atoms with Crippen molar-refractivity contribution in [3.05, 3.63) is 180 Å². The average Bonchev–Trinajstić information content (AvgIpc) is 3.11. The Morgan fingerprint density at radius 3 is 0.913 bits per heavy atom. The smallest absolute Gasteiger partial charge is 0.150 e. The Morgan fingerprint density at radius 1 is 0.348 bits per heavy atom. The van der Waals surface area contributed by atoms with Crippen LogP contribution in [0.3, 0.4) is 0 Å². The molecule has 6 rings (SSSR count). The molecule has 0 aliphatic heterocycles. The van der Waals surface area contributed by atoms with Gasteiger partial charge in [-0.15, -0.1) is 0 Å². The third kappa shape index (κ3) is 12.8. The van der Waals surface area contributed by atoms with E-state index in [0.717, 1.165) is 34.4 Å². The first-order valence-electron chi connectivity index (χ1n) is 14.4. The maximum Gasteiger partial charge on any atom is 0.150 e. The highest BCUT2D eigenvalue weighted by molar-refractivity contribution is 5.84. The largest absolute Gasteiger partial charge is 0.397 e. The number of nitrogens with zero attached hydrogens (tertiary/aromatic N) is 2. The van der Waals surface area contributed by atoms with Gasteiger partial charge in [-0.25, -0.2) is 0 Å². The van der Waals surface area contributed by atoms with E-state index in [1.54, 1.807) is 24.3 Å². The number of carbonyl (C=O) groups is 1. The van der Waals surface area contributed by atoms with Gasteiger partial charge in [-0.05, 0) is 47.5 Å². The van der Waals surface area contributed by atoms with Crippen molar-refractivity contribution >= 4 is 52.8 Å². The van der Waals surface area contributed by atoms with E-state index in [9.17, 15) is 4.79 Å². The monoisotopic (exact) mass is 606 g/mol. The topological polar surface area (TPSA) is 146 Å². The molecule has 0 atom stereocenters. The molecule has 6 aromatic carbocycles. The van der Waals surface area contributed by atoms with Crippen LogP contribution in [0.5, 0.6) is 0 Å². The maximum atomic E-state index is 10.0. The highest BCUT2D eigenvalue weighted by Gasteiger charge is 1.94. The Labute approximate surface area is 270 Å². The summed E-state index contributed by atoms with van der Waals surface area (Å²) in [6.45, 7) is 0. The lowest BCUT2D eigenvalue weighted by atomic mass is 10.2. The summed E-state index contributed by atoms with van der Waals surface area (Å²) in [4.78, 5) is 18.7. The van der Waals surface area contributed by atoms with Crippen molar-refractivity contribution in [2.24, 2.45) is 9.98 Å². The maximum absolute atomic E-state index is 10.0. The number of carbonyl (C=O) groups excluding carboxylic acids is 1. The predicted molar refractivity (Wildman–Crippen MR) is 196 cm³/mol. The summed E-state index contributed by atoms with van der Waals surface area (Å²) in [5.41, 5.74) is 29.5. The Morgan fingerprint density at radius 2 is 0.630 bits per heavy atom. The number of aldehydes is 1. The van der Waals surface area contributed by atoms with Gasteiger partial charge in [0.15, 0.2) is 0 Å². The first-order valence-corrected chi connectivity index (χ1v) is 14.4. The number of rotatable bonds is 5. The molecule has 0 unspecified atom stereocenters. The summed E-state index contributed by atoms with van der Waals surface area (Å²) < 4.78 is 0. The minimum atomic E-state index is 0.646. The lowest BCUT2D eigenvalue weighted by molar-refractivity contribution is 0.112. The number of hydrogen-bond acceptors (Lipinski definition) is 7. The van der Waals surface area contributed by atoms with Crippen LogP contribution in [0.2, 0.25) is 0 Å². The Balaban J connectivity index is 0.000000174. The van der Waals surface area contributed by atoms with Gasteiger partial charge in [-0.3, -0.25) is 14.8 Å². The van der Waals surface area contributed by atoms with Crippen molar-refractivity contribution < 1.29 is 4.79 Å². The van der Waals surface area contributed by atoms with Crippen LogP contribution in [0, 0.1) is 0 Å². The van der Waals surface area contributed by atoms with Crippen molar-refractivity contribution in [1.82, 2.24) is 0 Å². The second-order valence-electron chi connectivity index (χ2n) is 9.61. The third-order valence-corrected chi connectivity index (χ3v) is 6.11. The molecule has 0 saturated carbocycles. The van der Waals surface area contributed by atoms with Crippen LogP contribution in [0.4, 0.5) is 34.1 Å². The van der Waals surface area contributed by atoms with Crippen molar-refractivity contribution in [2.75, 3.05) is 22.9 Å². The number of para-hydroxylation sites is 6. The van der Waals surface area contributed by atoms with E-state index in [-0.39, 0.29) is 0 Å². The summed E-state index contributed by atoms with van der Waals surface area (Å²) in [5, 5.41) is 0. The molecule has 0 fully saturated rings. The lowest BCUT2D eigenvalue weighted by Gasteiger charge is -1.97. The van der Waals surface area contributed by atoms with Gasteiger partial charge in [0.1, 0.15) is 6.29 Å². The van der Waals surface area contributed by atoms with Crippen LogP contribution in [0.1, 0.15) is 21.5 Å². The second kappa shape index (κ2) is 19.7. The molecule has 0 amide bonds. The molecule has 46 heavy (non-hydrogen) atoms. The van der Waals surface area contributed by atoms with Crippen molar-refractivity contribution in [3.8, 4) is 0 Å². The van der Waals surface area contributed by atoms with E-state index in [1.807, 2.05) is 152 Å². The summed E-state index contributed by atoms with van der Waals surface area (Å²) >= 11 is 0. The molecule has 6 aromatic rings. The molecule has 7 heteroatoms. The fourth-order valence-corrected chi connectivity index (χ4v) is 3.62. The normalized spacial score (nSPS) is 10.0. The standard InChI is InChI=1S/2C13H12N2.C7H6O.C6H8N2/c2*14-12-8-4-5-9-13(12)15-10-11-6-2-1-3-7-11;8-6-7-4-2-1-3-5-7;7-5-3-1-2-4-6(5)8/h2*1-10H,14H2;1-6H;1-4H,7-8H2. The highest BCUT2D eigenvalue weighted by atomic mass is 16.1. The molecule has 0 aliphatic carbocycles. The van der Waals surface area contributed by atoms with Crippen LogP contribution in [-0.2, 0) is 0 Å². The molecular weight excluding hydrogens is 568 g/mol. The second-order valence-corrected chi connectivity index (χ2v) is 9.61. The Bertz CT molecular complexity index is 1680.